The number of aliphatic carboxylic acids is 1. The van der Waals surface area contributed by atoms with E-state index in [1.807, 2.05) is 0 Å². The summed E-state index contributed by atoms with van der Waals surface area (Å²) in [5, 5.41) is 19.4. The Morgan fingerprint density at radius 1 is 1.60 bits per heavy atom. The highest BCUT2D eigenvalue weighted by Gasteiger charge is 2.19. The minimum absolute atomic E-state index is 0.224. The number of rotatable bonds is 4. The number of aliphatic hydroxyl groups is 1. The first-order valence-electron chi connectivity index (χ1n) is 4.03. The summed E-state index contributed by atoms with van der Waals surface area (Å²) in [4.78, 5) is 24.5. The van der Waals surface area contributed by atoms with Crippen LogP contribution in [0.1, 0.15) is 10.5 Å². The summed E-state index contributed by atoms with van der Waals surface area (Å²) >= 11 is 3.14. The molecule has 0 aliphatic rings. The summed E-state index contributed by atoms with van der Waals surface area (Å²) in [6.07, 6.45) is 1.55. The second-order valence-corrected chi connectivity index (χ2v) is 3.69. The molecule has 82 valence electrons. The number of carbonyl (C=O) groups is 2. The van der Waals surface area contributed by atoms with Crippen LogP contribution in [-0.4, -0.2) is 39.7 Å². The van der Waals surface area contributed by atoms with Crippen molar-refractivity contribution in [1.82, 2.24) is 10.3 Å². The molecule has 0 radical (unpaired) electrons. The maximum atomic E-state index is 11.4. The van der Waals surface area contributed by atoms with Gasteiger partial charge in [0.1, 0.15) is 5.69 Å². The predicted molar refractivity (Wildman–Crippen MR) is 54.5 cm³/mol. The third-order valence-electron chi connectivity index (χ3n) is 1.68. The molecule has 1 rings (SSSR count). The molecular weight excluding hydrogens is 268 g/mol. The van der Waals surface area contributed by atoms with Crippen molar-refractivity contribution in [2.24, 2.45) is 0 Å². The smallest absolute Gasteiger partial charge is 0.328 e. The first-order chi connectivity index (χ1) is 7.04. The van der Waals surface area contributed by atoms with Crippen LogP contribution in [0.25, 0.3) is 0 Å². The maximum absolute atomic E-state index is 11.4. The number of carboxylic acids is 1. The number of aromatic amines is 1. The van der Waals surface area contributed by atoms with E-state index >= 15 is 0 Å². The van der Waals surface area contributed by atoms with Crippen LogP contribution < -0.4 is 5.32 Å². The largest absolute Gasteiger partial charge is 0.480 e. The van der Waals surface area contributed by atoms with E-state index in [-0.39, 0.29) is 5.69 Å². The van der Waals surface area contributed by atoms with E-state index in [2.05, 4.69) is 26.2 Å². The molecule has 1 aromatic rings. The zero-order valence-electron chi connectivity index (χ0n) is 7.53. The Morgan fingerprint density at radius 3 is 2.67 bits per heavy atom. The average Bonchev–Trinajstić information content (AvgIpc) is 2.60. The summed E-state index contributed by atoms with van der Waals surface area (Å²) in [6, 6.07) is 0.214. The van der Waals surface area contributed by atoms with Crippen LogP contribution in [0.3, 0.4) is 0 Å². The van der Waals surface area contributed by atoms with E-state index in [1.165, 1.54) is 6.07 Å². The molecule has 15 heavy (non-hydrogen) atoms. The van der Waals surface area contributed by atoms with Crippen LogP contribution in [-0.2, 0) is 4.79 Å². The molecule has 1 atom stereocenters. The van der Waals surface area contributed by atoms with Gasteiger partial charge in [0.25, 0.3) is 5.91 Å². The normalized spacial score (nSPS) is 12.1. The average molecular weight is 277 g/mol. The molecule has 1 heterocycles. The first kappa shape index (κ1) is 11.7. The molecule has 0 saturated heterocycles. The van der Waals surface area contributed by atoms with Crippen LogP contribution >= 0.6 is 15.9 Å². The molecule has 0 aliphatic heterocycles. The van der Waals surface area contributed by atoms with Gasteiger partial charge in [-0.1, -0.05) is 0 Å². The highest BCUT2D eigenvalue weighted by molar-refractivity contribution is 9.10. The number of aromatic nitrogens is 1. The van der Waals surface area contributed by atoms with E-state index < -0.39 is 24.5 Å². The Bertz CT molecular complexity index is 376. The Kier molecular flexibility index (Phi) is 3.87. The van der Waals surface area contributed by atoms with E-state index in [1.54, 1.807) is 6.20 Å². The fraction of sp³-hybridized carbons (Fsp3) is 0.250. The molecule has 7 heteroatoms. The fourth-order valence-corrected chi connectivity index (χ4v) is 1.26. The molecule has 1 aromatic heterocycles. The second kappa shape index (κ2) is 4.94. The first-order valence-corrected chi connectivity index (χ1v) is 4.82. The van der Waals surface area contributed by atoms with Gasteiger partial charge in [-0.3, -0.25) is 4.79 Å². The lowest BCUT2D eigenvalue weighted by atomic mass is 10.3. The molecule has 0 spiro atoms. The zero-order chi connectivity index (χ0) is 11.4. The SMILES string of the molecule is O=C(NC(CO)C(=O)O)c1cc(Br)c[nH]1. The molecule has 6 nitrogen and oxygen atoms in total. The minimum Gasteiger partial charge on any atom is -0.480 e. The minimum atomic E-state index is -1.29. The summed E-state index contributed by atoms with van der Waals surface area (Å²) in [5.41, 5.74) is 0.224. The van der Waals surface area contributed by atoms with Crippen LogP contribution in [0.4, 0.5) is 0 Å². The molecule has 0 saturated carbocycles. The van der Waals surface area contributed by atoms with Crippen LogP contribution in [0.15, 0.2) is 16.7 Å². The Labute approximate surface area is 93.4 Å². The molecular formula is C8H9BrN2O4. The number of carboxylic acid groups (broad SMARTS) is 1. The summed E-state index contributed by atoms with van der Waals surface area (Å²) < 4.78 is 0.684. The molecule has 1 unspecified atom stereocenters. The van der Waals surface area contributed by atoms with Crippen molar-refractivity contribution in [3.63, 3.8) is 0 Å². The van der Waals surface area contributed by atoms with Gasteiger partial charge in [0.05, 0.1) is 6.61 Å². The van der Waals surface area contributed by atoms with Gasteiger partial charge in [-0.05, 0) is 22.0 Å². The predicted octanol–water partition coefficient (Wildman–Crippen LogP) is -0.0475. The topological polar surface area (TPSA) is 102 Å². The summed E-state index contributed by atoms with van der Waals surface area (Å²) in [5.74, 6) is -1.86. The zero-order valence-corrected chi connectivity index (χ0v) is 9.11. The van der Waals surface area contributed by atoms with Crippen molar-refractivity contribution in [1.29, 1.82) is 0 Å². The van der Waals surface area contributed by atoms with Crippen molar-refractivity contribution in [2.45, 2.75) is 6.04 Å². The monoisotopic (exact) mass is 276 g/mol. The van der Waals surface area contributed by atoms with Crippen molar-refractivity contribution in [3.05, 3.63) is 22.4 Å². The number of halogens is 1. The highest BCUT2D eigenvalue weighted by atomic mass is 79.9. The van der Waals surface area contributed by atoms with Gasteiger partial charge < -0.3 is 20.5 Å². The number of carbonyl (C=O) groups excluding carboxylic acids is 1. The molecule has 1 amide bonds. The molecule has 0 bridgehead atoms. The summed E-state index contributed by atoms with van der Waals surface area (Å²) in [7, 11) is 0. The Hall–Kier alpha value is -1.34. The van der Waals surface area contributed by atoms with Crippen molar-refractivity contribution < 1.29 is 19.8 Å². The Balaban J connectivity index is 2.66. The second-order valence-electron chi connectivity index (χ2n) is 2.78. The number of hydrogen-bond acceptors (Lipinski definition) is 3. The lowest BCUT2D eigenvalue weighted by Crippen LogP contribution is -2.43. The molecule has 0 fully saturated rings. The van der Waals surface area contributed by atoms with Gasteiger partial charge in [-0.15, -0.1) is 0 Å². The number of H-pyrrole nitrogens is 1. The van der Waals surface area contributed by atoms with Gasteiger partial charge >= 0.3 is 5.97 Å². The van der Waals surface area contributed by atoms with Gasteiger partial charge in [-0.2, -0.15) is 0 Å². The van der Waals surface area contributed by atoms with Crippen molar-refractivity contribution >= 4 is 27.8 Å². The third-order valence-corrected chi connectivity index (χ3v) is 2.14. The third kappa shape index (κ3) is 3.07. The van der Waals surface area contributed by atoms with E-state index in [0.717, 1.165) is 0 Å². The number of amides is 1. The lowest BCUT2D eigenvalue weighted by molar-refractivity contribution is -0.140. The van der Waals surface area contributed by atoms with Crippen molar-refractivity contribution in [3.8, 4) is 0 Å². The van der Waals surface area contributed by atoms with Gasteiger partial charge in [0.2, 0.25) is 0 Å². The quantitative estimate of drug-likeness (QED) is 0.619. The molecule has 4 N–H and O–H groups in total. The van der Waals surface area contributed by atoms with E-state index in [0.29, 0.717) is 4.47 Å². The number of hydrogen-bond donors (Lipinski definition) is 4. The maximum Gasteiger partial charge on any atom is 0.328 e. The number of nitrogens with one attached hydrogen (secondary N) is 2. The fourth-order valence-electron chi connectivity index (χ4n) is 0.920. The van der Waals surface area contributed by atoms with Crippen LogP contribution in [0, 0.1) is 0 Å². The van der Waals surface area contributed by atoms with E-state index in [9.17, 15) is 9.59 Å². The summed E-state index contributed by atoms with van der Waals surface area (Å²) in [6.45, 7) is -0.650. The Morgan fingerprint density at radius 2 is 2.27 bits per heavy atom. The van der Waals surface area contributed by atoms with Gasteiger partial charge in [0, 0.05) is 10.7 Å². The van der Waals surface area contributed by atoms with Gasteiger partial charge in [0.15, 0.2) is 6.04 Å². The molecule has 0 aromatic carbocycles. The van der Waals surface area contributed by atoms with Crippen molar-refractivity contribution in [2.75, 3.05) is 6.61 Å². The molecule has 0 aliphatic carbocycles. The van der Waals surface area contributed by atoms with Crippen LogP contribution in [0.5, 0.6) is 0 Å². The lowest BCUT2D eigenvalue weighted by Gasteiger charge is -2.10. The number of aliphatic hydroxyl groups excluding tert-OH is 1. The van der Waals surface area contributed by atoms with Gasteiger partial charge in [-0.25, -0.2) is 4.79 Å². The van der Waals surface area contributed by atoms with Crippen LogP contribution in [0.2, 0.25) is 0 Å². The standard InChI is InChI=1S/C8H9BrN2O4/c9-4-1-5(10-2-4)7(13)11-6(3-12)8(14)15/h1-2,6,10,12H,3H2,(H,11,13)(H,14,15). The highest BCUT2D eigenvalue weighted by Crippen LogP contribution is 2.10. The van der Waals surface area contributed by atoms with E-state index in [4.69, 9.17) is 10.2 Å².